The summed E-state index contributed by atoms with van der Waals surface area (Å²) in [4.78, 5) is 14.2. The lowest BCUT2D eigenvalue weighted by Crippen LogP contribution is -2.42. The Kier molecular flexibility index (Phi) is 5.75. The Morgan fingerprint density at radius 3 is 2.63 bits per heavy atom. The van der Waals surface area contributed by atoms with Gasteiger partial charge in [0.15, 0.2) is 15.7 Å². The Morgan fingerprint density at radius 1 is 1.33 bits per heavy atom. The number of nitrogen functional groups attached to an aromatic ring is 1. The first-order valence-electron chi connectivity index (χ1n) is 8.71. The first-order valence-corrected chi connectivity index (χ1v) is 11.5. The number of sulfone groups is 1. The molecule has 3 rings (SSSR count). The number of hydrogen-bond donors (Lipinski definition) is 1. The number of nitrogens with zero attached hydrogens (tertiary/aromatic N) is 4. The molecule has 0 unspecified atom stereocenters. The molecule has 10 heteroatoms. The molecular weight excluding hydrogens is 386 g/mol. The minimum atomic E-state index is -3.04. The summed E-state index contributed by atoms with van der Waals surface area (Å²) >= 11 is 1.20. The van der Waals surface area contributed by atoms with Gasteiger partial charge in [0.25, 0.3) is 0 Å². The van der Waals surface area contributed by atoms with Crippen molar-refractivity contribution >= 4 is 27.5 Å². The molecule has 2 aromatic rings. The second-order valence-corrected chi connectivity index (χ2v) is 9.74. The molecule has 2 N–H and O–H groups in total. The van der Waals surface area contributed by atoms with Crippen molar-refractivity contribution in [3.63, 3.8) is 0 Å². The SMILES string of the molecule is CCN(C(=O)CSc1nnc(-c2ccc(C)cc2)n1N)[C@H]1CCS(=O)(=O)C1. The van der Waals surface area contributed by atoms with Gasteiger partial charge in [-0.2, -0.15) is 0 Å². The fraction of sp³-hybridized carbons (Fsp3) is 0.471. The lowest BCUT2D eigenvalue weighted by molar-refractivity contribution is -0.129. The maximum absolute atomic E-state index is 12.6. The van der Waals surface area contributed by atoms with Crippen LogP contribution in [0.25, 0.3) is 11.4 Å². The summed E-state index contributed by atoms with van der Waals surface area (Å²) < 4.78 is 24.7. The second kappa shape index (κ2) is 7.89. The van der Waals surface area contributed by atoms with Crippen molar-refractivity contribution in [1.29, 1.82) is 0 Å². The van der Waals surface area contributed by atoms with Crippen molar-refractivity contribution in [2.45, 2.75) is 31.5 Å². The van der Waals surface area contributed by atoms with Gasteiger partial charge in [0.1, 0.15) is 0 Å². The third kappa shape index (κ3) is 4.44. The Hall–Kier alpha value is -2.07. The molecule has 1 aliphatic heterocycles. The number of nitrogens with two attached hydrogens (primary N) is 1. The van der Waals surface area contributed by atoms with Gasteiger partial charge in [-0.3, -0.25) is 4.79 Å². The van der Waals surface area contributed by atoms with Crippen LogP contribution in [0.1, 0.15) is 18.9 Å². The van der Waals surface area contributed by atoms with Gasteiger partial charge in [0.2, 0.25) is 11.1 Å². The summed E-state index contributed by atoms with van der Waals surface area (Å²) in [5, 5.41) is 8.63. The Morgan fingerprint density at radius 2 is 2.04 bits per heavy atom. The van der Waals surface area contributed by atoms with E-state index in [0.717, 1.165) is 11.1 Å². The highest BCUT2D eigenvalue weighted by atomic mass is 32.2. The van der Waals surface area contributed by atoms with Crippen LogP contribution in [-0.2, 0) is 14.6 Å². The lowest BCUT2D eigenvalue weighted by Gasteiger charge is -2.26. The van der Waals surface area contributed by atoms with E-state index in [1.807, 2.05) is 38.1 Å². The number of amides is 1. The van der Waals surface area contributed by atoms with E-state index in [4.69, 9.17) is 5.84 Å². The Labute approximate surface area is 163 Å². The number of aromatic nitrogens is 3. The van der Waals surface area contributed by atoms with Crippen LogP contribution in [0.5, 0.6) is 0 Å². The average molecular weight is 410 g/mol. The first kappa shape index (κ1) is 19.7. The molecule has 8 nitrogen and oxygen atoms in total. The zero-order valence-electron chi connectivity index (χ0n) is 15.3. The monoisotopic (exact) mass is 409 g/mol. The van der Waals surface area contributed by atoms with Crippen LogP contribution in [0.3, 0.4) is 0 Å². The van der Waals surface area contributed by atoms with Crippen molar-refractivity contribution in [2.75, 3.05) is 29.6 Å². The Bertz CT molecular complexity index is 925. The molecule has 1 aromatic heterocycles. The highest BCUT2D eigenvalue weighted by molar-refractivity contribution is 7.99. The number of thioether (sulfide) groups is 1. The molecule has 0 saturated carbocycles. The third-order valence-corrected chi connectivity index (χ3v) is 7.29. The number of hydrogen-bond acceptors (Lipinski definition) is 7. The van der Waals surface area contributed by atoms with Gasteiger partial charge < -0.3 is 10.7 Å². The van der Waals surface area contributed by atoms with Crippen LogP contribution in [0, 0.1) is 6.92 Å². The second-order valence-electron chi connectivity index (χ2n) is 6.57. The van der Waals surface area contributed by atoms with Crippen molar-refractivity contribution < 1.29 is 13.2 Å². The molecule has 2 heterocycles. The molecule has 27 heavy (non-hydrogen) atoms. The molecule has 0 aliphatic carbocycles. The maximum Gasteiger partial charge on any atom is 0.233 e. The first-order chi connectivity index (χ1) is 12.8. The summed E-state index contributed by atoms with van der Waals surface area (Å²) in [6.07, 6.45) is 0.497. The van der Waals surface area contributed by atoms with E-state index in [0.29, 0.717) is 23.9 Å². The zero-order chi connectivity index (χ0) is 19.6. The maximum atomic E-state index is 12.6. The van der Waals surface area contributed by atoms with E-state index in [2.05, 4.69) is 10.2 Å². The molecule has 1 aromatic carbocycles. The summed E-state index contributed by atoms with van der Waals surface area (Å²) in [6, 6.07) is 7.53. The smallest absolute Gasteiger partial charge is 0.233 e. The van der Waals surface area contributed by atoms with Gasteiger partial charge in [-0.15, -0.1) is 10.2 Å². The van der Waals surface area contributed by atoms with Crippen LogP contribution in [-0.4, -0.2) is 63.9 Å². The fourth-order valence-corrected chi connectivity index (χ4v) is 5.62. The van der Waals surface area contributed by atoms with Gasteiger partial charge in [-0.05, 0) is 20.3 Å². The lowest BCUT2D eigenvalue weighted by atomic mass is 10.1. The molecular formula is C17H23N5O3S2. The molecule has 0 bridgehead atoms. The summed E-state index contributed by atoms with van der Waals surface area (Å²) in [5.74, 6) is 6.82. The van der Waals surface area contributed by atoms with Crippen LogP contribution in [0.2, 0.25) is 0 Å². The van der Waals surface area contributed by atoms with Gasteiger partial charge >= 0.3 is 0 Å². The van der Waals surface area contributed by atoms with Gasteiger partial charge in [-0.1, -0.05) is 41.6 Å². The van der Waals surface area contributed by atoms with Gasteiger partial charge in [0, 0.05) is 18.2 Å². The molecule has 1 amide bonds. The van der Waals surface area contributed by atoms with E-state index in [-0.39, 0.29) is 29.2 Å². The van der Waals surface area contributed by atoms with Crippen molar-refractivity contribution in [3.8, 4) is 11.4 Å². The number of rotatable bonds is 6. The molecule has 146 valence electrons. The number of carbonyl (C=O) groups excluding carboxylic acids is 1. The molecule has 1 saturated heterocycles. The summed E-state index contributed by atoms with van der Waals surface area (Å²) in [5.41, 5.74) is 1.98. The minimum Gasteiger partial charge on any atom is -0.338 e. The zero-order valence-corrected chi connectivity index (χ0v) is 17.0. The van der Waals surface area contributed by atoms with Gasteiger partial charge in [-0.25, -0.2) is 13.1 Å². The summed E-state index contributed by atoms with van der Waals surface area (Å²) in [7, 11) is -3.04. The standard InChI is InChI=1S/C17H23N5O3S2/c1-3-21(14-8-9-27(24,25)11-14)15(23)10-26-17-20-19-16(22(17)18)13-6-4-12(2)5-7-13/h4-7,14H,3,8-11,18H2,1-2H3/t14-/m0/s1. The van der Waals surface area contributed by atoms with E-state index in [1.165, 1.54) is 16.4 Å². The number of aryl methyl sites for hydroxylation is 1. The fourth-order valence-electron chi connectivity index (χ4n) is 3.14. The van der Waals surface area contributed by atoms with Crippen LogP contribution < -0.4 is 5.84 Å². The largest absolute Gasteiger partial charge is 0.338 e. The highest BCUT2D eigenvalue weighted by Crippen LogP contribution is 2.23. The highest BCUT2D eigenvalue weighted by Gasteiger charge is 2.33. The van der Waals surface area contributed by atoms with E-state index >= 15 is 0 Å². The number of carbonyl (C=O) groups is 1. The topological polar surface area (TPSA) is 111 Å². The van der Waals surface area contributed by atoms with E-state index in [1.54, 1.807) is 4.90 Å². The normalized spacial score (nSPS) is 18.5. The van der Waals surface area contributed by atoms with Crippen molar-refractivity contribution in [1.82, 2.24) is 19.8 Å². The predicted octanol–water partition coefficient (Wildman–Crippen LogP) is 1.10. The quantitative estimate of drug-likeness (QED) is 0.561. The van der Waals surface area contributed by atoms with Crippen molar-refractivity contribution in [3.05, 3.63) is 29.8 Å². The molecule has 0 radical (unpaired) electrons. The number of benzene rings is 1. The third-order valence-electron chi connectivity index (χ3n) is 4.61. The predicted molar refractivity (Wildman–Crippen MR) is 106 cm³/mol. The van der Waals surface area contributed by atoms with Crippen LogP contribution in [0.15, 0.2) is 29.4 Å². The average Bonchev–Trinajstić information content (AvgIpc) is 3.17. The molecule has 1 atom stereocenters. The van der Waals surface area contributed by atoms with E-state index in [9.17, 15) is 13.2 Å². The minimum absolute atomic E-state index is 0.0435. The van der Waals surface area contributed by atoms with Crippen LogP contribution >= 0.6 is 11.8 Å². The van der Waals surface area contributed by atoms with Gasteiger partial charge in [0.05, 0.1) is 17.3 Å². The molecule has 0 spiro atoms. The molecule has 1 fully saturated rings. The Balaban J connectivity index is 1.66. The van der Waals surface area contributed by atoms with E-state index < -0.39 is 9.84 Å². The van der Waals surface area contributed by atoms with Crippen molar-refractivity contribution in [2.24, 2.45) is 0 Å². The summed E-state index contributed by atoms with van der Waals surface area (Å²) in [6.45, 7) is 4.33. The van der Waals surface area contributed by atoms with Crippen LogP contribution in [0.4, 0.5) is 0 Å². The molecule has 1 aliphatic rings.